The molecule has 2 fully saturated rings. The van der Waals surface area contributed by atoms with Gasteiger partial charge in [-0.25, -0.2) is 33.6 Å². The normalized spacial score (nSPS) is 22.3. The third-order valence-corrected chi connectivity index (χ3v) is 12.7. The second kappa shape index (κ2) is 26.8. The van der Waals surface area contributed by atoms with Gasteiger partial charge in [0.1, 0.15) is 18.8 Å². The fourth-order valence-electron chi connectivity index (χ4n) is 8.75. The number of carbonyl (C=O) groups is 7. The Kier molecular flexibility index (Phi) is 18.6. The SMILES string of the molecule is CO[C@@H]1O[C@H](CO[C@@H]2O[C@H](COC(=O)c3ccccc3)[C@@H](OC(=O)c3ccccc3)[C@H](OC(=O)c3ccccc3)[C@H]2OC(=O)c2ccccc2)[C@H](OC(=O)c2ccccc2)[C@H](OC(=O)c2ccccc2)[C@H]1OC(=O)c1ccccc1. The van der Waals surface area contributed by atoms with Crippen molar-refractivity contribution in [3.8, 4) is 0 Å². The second-order valence-electron chi connectivity index (χ2n) is 18.0. The molecule has 18 nitrogen and oxygen atoms in total. The molecule has 2 aliphatic heterocycles. The number of rotatable bonds is 19. The first-order chi connectivity index (χ1) is 39.0. The van der Waals surface area contributed by atoms with Gasteiger partial charge in [0, 0.05) is 7.11 Å². The van der Waals surface area contributed by atoms with Gasteiger partial charge in [-0.1, -0.05) is 127 Å². The number of benzene rings is 7. The zero-order valence-corrected chi connectivity index (χ0v) is 42.7. The van der Waals surface area contributed by atoms with E-state index in [4.69, 9.17) is 52.1 Å². The van der Waals surface area contributed by atoms with Gasteiger partial charge < -0.3 is 52.1 Å². The van der Waals surface area contributed by atoms with Gasteiger partial charge in [-0.2, -0.15) is 0 Å². The van der Waals surface area contributed by atoms with Crippen molar-refractivity contribution in [1.82, 2.24) is 0 Å². The van der Waals surface area contributed by atoms with Crippen LogP contribution in [0.15, 0.2) is 212 Å². The molecule has 0 radical (unpaired) electrons. The van der Waals surface area contributed by atoms with Crippen molar-refractivity contribution in [1.29, 1.82) is 0 Å². The van der Waals surface area contributed by atoms with E-state index < -0.39 is 116 Å². The van der Waals surface area contributed by atoms with Gasteiger partial charge in [-0.05, 0) is 84.9 Å². The zero-order chi connectivity index (χ0) is 55.8. The van der Waals surface area contributed by atoms with Gasteiger partial charge in [0.15, 0.2) is 49.2 Å². The van der Waals surface area contributed by atoms with Crippen LogP contribution in [0.25, 0.3) is 0 Å². The average Bonchev–Trinajstić information content (AvgIpc) is 3.71. The molecule has 2 aliphatic rings. The van der Waals surface area contributed by atoms with Crippen molar-refractivity contribution in [2.75, 3.05) is 20.3 Å². The standard InChI is InChI=1S/C62H52O18/c1-70-61-52(79-59(68)44-33-19-7-20-34-44)50(77-57(66)42-29-15-5-16-30-42)49(76-56(65)41-27-13-4-14-28-41)47(73-61)38-72-62-53(80-60(69)45-35-21-8-22-36-45)51(78-58(67)43-31-17-6-18-32-43)48(75-55(64)40-25-11-3-12-26-40)46(74-62)37-71-54(63)39-23-9-2-10-24-39/h2-36,46-53,61-62H,37-38H2,1H3/t46-,47-,48-,49+,50+,51+,52-,53-,61-,62-/m1/s1. The summed E-state index contributed by atoms with van der Waals surface area (Å²) in [5.74, 6) is -6.36. The Morgan fingerprint density at radius 1 is 0.300 bits per heavy atom. The number of ether oxygens (including phenoxy) is 11. The minimum Gasteiger partial charge on any atom is -0.459 e. The van der Waals surface area contributed by atoms with Crippen LogP contribution >= 0.6 is 0 Å². The molecule has 0 aliphatic carbocycles. The van der Waals surface area contributed by atoms with Crippen LogP contribution in [0, 0.1) is 0 Å². The molecular formula is C62H52O18. The highest BCUT2D eigenvalue weighted by atomic mass is 16.8. The predicted molar refractivity (Wildman–Crippen MR) is 281 cm³/mol. The maximum Gasteiger partial charge on any atom is 0.338 e. The van der Waals surface area contributed by atoms with E-state index in [0.717, 1.165) is 0 Å². The molecule has 2 heterocycles. The van der Waals surface area contributed by atoms with Crippen LogP contribution < -0.4 is 0 Å². The molecule has 0 bridgehead atoms. The van der Waals surface area contributed by atoms with Crippen LogP contribution in [0.2, 0.25) is 0 Å². The van der Waals surface area contributed by atoms with E-state index in [2.05, 4.69) is 0 Å². The first kappa shape index (κ1) is 55.4. The Morgan fingerprint density at radius 2 is 0.537 bits per heavy atom. The molecule has 0 aromatic heterocycles. The van der Waals surface area contributed by atoms with Crippen LogP contribution in [0.1, 0.15) is 72.5 Å². The van der Waals surface area contributed by atoms with E-state index >= 15 is 0 Å². The smallest absolute Gasteiger partial charge is 0.338 e. The molecule has 7 aromatic rings. The van der Waals surface area contributed by atoms with Crippen molar-refractivity contribution >= 4 is 41.8 Å². The van der Waals surface area contributed by atoms with Crippen LogP contribution in [0.4, 0.5) is 0 Å². The number of carbonyl (C=O) groups excluding carboxylic acids is 7. The van der Waals surface area contributed by atoms with Crippen molar-refractivity contribution in [3.05, 3.63) is 251 Å². The van der Waals surface area contributed by atoms with Crippen molar-refractivity contribution in [2.24, 2.45) is 0 Å². The molecule has 80 heavy (non-hydrogen) atoms. The first-order valence-corrected chi connectivity index (χ1v) is 25.3. The minimum atomic E-state index is -1.86. The maximum atomic E-state index is 14.3. The monoisotopic (exact) mass is 1080 g/mol. The summed E-state index contributed by atoms with van der Waals surface area (Å²) in [6.07, 6.45) is -16.9. The number of methoxy groups -OCH3 is 1. The zero-order valence-electron chi connectivity index (χ0n) is 42.7. The quantitative estimate of drug-likeness (QED) is 0.0549. The van der Waals surface area contributed by atoms with E-state index in [1.165, 1.54) is 92.0 Å². The minimum absolute atomic E-state index is 0.0433. The molecule has 18 heteroatoms. The van der Waals surface area contributed by atoms with Crippen molar-refractivity contribution in [2.45, 2.75) is 61.4 Å². The van der Waals surface area contributed by atoms with Gasteiger partial charge in [0.25, 0.3) is 0 Å². The molecule has 2 saturated heterocycles. The molecule has 0 amide bonds. The predicted octanol–water partition coefficient (Wildman–Crippen LogP) is 8.31. The summed E-state index contributed by atoms with van der Waals surface area (Å²) in [4.78, 5) is 98.6. The summed E-state index contributed by atoms with van der Waals surface area (Å²) in [6, 6.07) is 55.1. The van der Waals surface area contributed by atoms with Crippen LogP contribution in [-0.2, 0) is 52.1 Å². The Labute approximate surface area is 458 Å². The van der Waals surface area contributed by atoms with Gasteiger partial charge in [-0.15, -0.1) is 0 Å². The van der Waals surface area contributed by atoms with Gasteiger partial charge in [-0.3, -0.25) is 0 Å². The molecule has 7 aromatic carbocycles. The maximum absolute atomic E-state index is 14.3. The molecule has 0 spiro atoms. The van der Waals surface area contributed by atoms with E-state index in [-0.39, 0.29) is 38.9 Å². The highest BCUT2D eigenvalue weighted by Crippen LogP contribution is 2.35. The summed E-state index contributed by atoms with van der Waals surface area (Å²) < 4.78 is 68.3. The summed E-state index contributed by atoms with van der Waals surface area (Å²) in [7, 11) is 1.24. The number of hydrogen-bond acceptors (Lipinski definition) is 18. The van der Waals surface area contributed by atoms with E-state index in [9.17, 15) is 33.6 Å². The molecule has 408 valence electrons. The molecular weight excluding hydrogens is 1030 g/mol. The Hall–Kier alpha value is -9.33. The molecule has 0 N–H and O–H groups in total. The Morgan fingerprint density at radius 3 is 0.838 bits per heavy atom. The van der Waals surface area contributed by atoms with Crippen molar-refractivity contribution < 1.29 is 85.7 Å². The lowest BCUT2D eigenvalue weighted by Crippen LogP contribution is -2.65. The van der Waals surface area contributed by atoms with Crippen LogP contribution in [0.5, 0.6) is 0 Å². The number of esters is 7. The summed E-state index contributed by atoms with van der Waals surface area (Å²) in [5, 5.41) is 0. The fourth-order valence-corrected chi connectivity index (χ4v) is 8.75. The Bertz CT molecular complexity index is 3190. The summed E-state index contributed by atoms with van der Waals surface area (Å²) in [6.45, 7) is -1.40. The van der Waals surface area contributed by atoms with Gasteiger partial charge in [0.05, 0.1) is 45.6 Å². The summed E-state index contributed by atoms with van der Waals surface area (Å²) >= 11 is 0. The first-order valence-electron chi connectivity index (χ1n) is 25.3. The lowest BCUT2D eigenvalue weighted by atomic mass is 9.96. The van der Waals surface area contributed by atoms with Crippen molar-refractivity contribution in [3.63, 3.8) is 0 Å². The third-order valence-electron chi connectivity index (χ3n) is 12.7. The lowest BCUT2D eigenvalue weighted by molar-refractivity contribution is -0.325. The molecule has 0 saturated carbocycles. The van der Waals surface area contributed by atoms with Crippen LogP contribution in [-0.4, -0.2) is 124 Å². The van der Waals surface area contributed by atoms with E-state index in [1.807, 2.05) is 0 Å². The molecule has 10 atom stereocenters. The van der Waals surface area contributed by atoms with Gasteiger partial charge >= 0.3 is 41.8 Å². The highest BCUT2D eigenvalue weighted by Gasteiger charge is 2.56. The third kappa shape index (κ3) is 13.9. The molecule has 0 unspecified atom stereocenters. The average molecular weight is 1090 g/mol. The summed E-state index contributed by atoms with van der Waals surface area (Å²) in [5.41, 5.74) is 0.591. The van der Waals surface area contributed by atoms with E-state index in [1.54, 1.807) is 127 Å². The fraction of sp³-hybridized carbons (Fsp3) is 0.210. The van der Waals surface area contributed by atoms with E-state index in [0.29, 0.717) is 0 Å². The lowest BCUT2D eigenvalue weighted by Gasteiger charge is -2.46. The largest absolute Gasteiger partial charge is 0.459 e. The second-order valence-corrected chi connectivity index (χ2v) is 18.0. The molecule has 9 rings (SSSR count). The topological polar surface area (TPSA) is 221 Å². The Balaban J connectivity index is 1.13. The number of hydrogen-bond donors (Lipinski definition) is 0. The van der Waals surface area contributed by atoms with Gasteiger partial charge in [0.2, 0.25) is 0 Å². The van der Waals surface area contributed by atoms with Crippen LogP contribution in [0.3, 0.4) is 0 Å². The highest BCUT2D eigenvalue weighted by molar-refractivity contribution is 5.93.